The molecule has 0 aromatic carbocycles. The summed E-state index contributed by atoms with van der Waals surface area (Å²) in [6.07, 6.45) is -3.20. The first-order chi connectivity index (χ1) is 9.70. The molecule has 0 bridgehead atoms. The smallest absolute Gasteiger partial charge is 0.296 e. The standard InChI is InChI=1S/C11H12F3N5OS/c1-5(2)19-6(3)7(4-15-19)8(20)16-10-18-17-9(21-10)11(12,13)14/h4-5H,1-3H3,(H,16,18,20). The van der Waals surface area contributed by atoms with Gasteiger partial charge in [-0.1, -0.05) is 11.3 Å². The van der Waals surface area contributed by atoms with Crippen molar-refractivity contribution >= 4 is 22.4 Å². The van der Waals surface area contributed by atoms with Crippen LogP contribution in [0.25, 0.3) is 0 Å². The molecule has 0 radical (unpaired) electrons. The van der Waals surface area contributed by atoms with Crippen molar-refractivity contribution in [3.05, 3.63) is 22.5 Å². The quantitative estimate of drug-likeness (QED) is 0.944. The largest absolute Gasteiger partial charge is 0.445 e. The lowest BCUT2D eigenvalue weighted by molar-refractivity contribution is -0.138. The summed E-state index contributed by atoms with van der Waals surface area (Å²) in [6.45, 7) is 5.52. The van der Waals surface area contributed by atoms with Gasteiger partial charge in [0.05, 0.1) is 11.8 Å². The van der Waals surface area contributed by atoms with Gasteiger partial charge in [-0.15, -0.1) is 10.2 Å². The Kier molecular flexibility index (Phi) is 3.99. The maximum absolute atomic E-state index is 12.4. The zero-order valence-electron chi connectivity index (χ0n) is 11.4. The molecular weight excluding hydrogens is 307 g/mol. The van der Waals surface area contributed by atoms with Gasteiger partial charge in [-0.05, 0) is 20.8 Å². The van der Waals surface area contributed by atoms with Gasteiger partial charge in [-0.25, -0.2) is 0 Å². The average Bonchev–Trinajstić information content (AvgIpc) is 2.94. The third kappa shape index (κ3) is 3.20. The number of anilines is 1. The predicted molar refractivity (Wildman–Crippen MR) is 70.2 cm³/mol. The number of amides is 1. The maximum Gasteiger partial charge on any atom is 0.445 e. The molecule has 2 aromatic rings. The van der Waals surface area contributed by atoms with Crippen LogP contribution < -0.4 is 5.32 Å². The second kappa shape index (κ2) is 5.43. The molecule has 2 heterocycles. The Morgan fingerprint density at radius 3 is 2.52 bits per heavy atom. The van der Waals surface area contributed by atoms with E-state index < -0.39 is 17.1 Å². The summed E-state index contributed by atoms with van der Waals surface area (Å²) in [5, 5.41) is 11.4. The number of carbonyl (C=O) groups excluding carboxylic acids is 1. The summed E-state index contributed by atoms with van der Waals surface area (Å²) >= 11 is 0.275. The Morgan fingerprint density at radius 2 is 2.05 bits per heavy atom. The Labute approximate surface area is 122 Å². The number of aromatic nitrogens is 4. The molecule has 0 aliphatic heterocycles. The lowest BCUT2D eigenvalue weighted by Crippen LogP contribution is -2.13. The highest BCUT2D eigenvalue weighted by atomic mass is 32.1. The van der Waals surface area contributed by atoms with E-state index >= 15 is 0 Å². The Morgan fingerprint density at radius 1 is 1.38 bits per heavy atom. The molecule has 2 rings (SSSR count). The van der Waals surface area contributed by atoms with Crippen LogP contribution in [0.4, 0.5) is 18.3 Å². The Bertz CT molecular complexity index is 661. The van der Waals surface area contributed by atoms with Crippen molar-refractivity contribution in [2.75, 3.05) is 5.32 Å². The molecule has 1 amide bonds. The van der Waals surface area contributed by atoms with Crippen LogP contribution in [0.1, 0.15) is 40.9 Å². The molecule has 0 aliphatic rings. The van der Waals surface area contributed by atoms with Crippen molar-refractivity contribution in [1.29, 1.82) is 0 Å². The minimum absolute atomic E-state index is 0.0740. The van der Waals surface area contributed by atoms with Crippen molar-refractivity contribution in [2.45, 2.75) is 33.0 Å². The van der Waals surface area contributed by atoms with Gasteiger partial charge in [-0.3, -0.25) is 14.8 Å². The molecule has 0 unspecified atom stereocenters. The summed E-state index contributed by atoms with van der Waals surface area (Å²) in [4.78, 5) is 12.0. The molecule has 0 fully saturated rings. The average molecular weight is 319 g/mol. The van der Waals surface area contributed by atoms with Gasteiger partial charge in [0.15, 0.2) is 0 Å². The van der Waals surface area contributed by atoms with E-state index in [4.69, 9.17) is 0 Å². The molecule has 0 atom stereocenters. The van der Waals surface area contributed by atoms with Crippen molar-refractivity contribution in [1.82, 2.24) is 20.0 Å². The van der Waals surface area contributed by atoms with Crippen molar-refractivity contribution in [3.8, 4) is 0 Å². The van der Waals surface area contributed by atoms with E-state index in [1.807, 2.05) is 13.8 Å². The zero-order chi connectivity index (χ0) is 15.8. The molecule has 2 aromatic heterocycles. The minimum Gasteiger partial charge on any atom is -0.296 e. The molecule has 1 N–H and O–H groups in total. The second-order valence-corrected chi connectivity index (χ2v) is 5.52. The first kappa shape index (κ1) is 15.4. The van der Waals surface area contributed by atoms with Gasteiger partial charge in [-0.2, -0.15) is 18.3 Å². The molecule has 0 aliphatic carbocycles. The van der Waals surface area contributed by atoms with Gasteiger partial charge in [0, 0.05) is 11.7 Å². The monoisotopic (exact) mass is 319 g/mol. The van der Waals surface area contributed by atoms with Crippen LogP contribution in [-0.4, -0.2) is 25.9 Å². The Balaban J connectivity index is 2.17. The molecule has 6 nitrogen and oxygen atoms in total. The van der Waals surface area contributed by atoms with E-state index in [-0.39, 0.29) is 28.1 Å². The third-order valence-electron chi connectivity index (χ3n) is 2.67. The number of halogens is 3. The van der Waals surface area contributed by atoms with Gasteiger partial charge < -0.3 is 0 Å². The molecular formula is C11H12F3N5OS. The van der Waals surface area contributed by atoms with Gasteiger partial charge in [0.1, 0.15) is 0 Å². The second-order valence-electron chi connectivity index (χ2n) is 4.55. The number of hydrogen-bond donors (Lipinski definition) is 1. The van der Waals surface area contributed by atoms with Gasteiger partial charge >= 0.3 is 6.18 Å². The molecule has 0 saturated carbocycles. The number of carbonyl (C=O) groups is 1. The highest BCUT2D eigenvalue weighted by Gasteiger charge is 2.35. The number of rotatable bonds is 3. The molecule has 114 valence electrons. The minimum atomic E-state index is -4.57. The summed E-state index contributed by atoms with van der Waals surface area (Å²) in [6, 6.07) is 0.0740. The van der Waals surface area contributed by atoms with Crippen LogP contribution in [0.3, 0.4) is 0 Å². The lowest BCUT2D eigenvalue weighted by atomic mass is 10.2. The van der Waals surface area contributed by atoms with Gasteiger partial charge in [0.25, 0.3) is 5.91 Å². The third-order valence-corrected chi connectivity index (χ3v) is 3.55. The molecule has 0 saturated heterocycles. The van der Waals surface area contributed by atoms with Crippen LogP contribution in [0.2, 0.25) is 0 Å². The normalized spacial score (nSPS) is 12.0. The fourth-order valence-electron chi connectivity index (χ4n) is 1.72. The SMILES string of the molecule is Cc1c(C(=O)Nc2nnc(C(F)(F)F)s2)cnn1C(C)C. The highest BCUT2D eigenvalue weighted by Crippen LogP contribution is 2.33. The molecule has 21 heavy (non-hydrogen) atoms. The molecule has 0 spiro atoms. The fraction of sp³-hybridized carbons (Fsp3) is 0.455. The number of hydrogen-bond acceptors (Lipinski definition) is 5. The highest BCUT2D eigenvalue weighted by molar-refractivity contribution is 7.15. The van der Waals surface area contributed by atoms with Crippen molar-refractivity contribution in [2.24, 2.45) is 0 Å². The number of alkyl halides is 3. The van der Waals surface area contributed by atoms with E-state index in [1.165, 1.54) is 6.20 Å². The van der Waals surface area contributed by atoms with Crippen molar-refractivity contribution in [3.63, 3.8) is 0 Å². The summed E-state index contributed by atoms with van der Waals surface area (Å²) in [5.74, 6) is -0.565. The number of nitrogens with zero attached hydrogens (tertiary/aromatic N) is 4. The van der Waals surface area contributed by atoms with Crippen molar-refractivity contribution < 1.29 is 18.0 Å². The first-order valence-electron chi connectivity index (χ1n) is 5.96. The van der Waals surface area contributed by atoms with Crippen LogP contribution in [-0.2, 0) is 6.18 Å². The molecule has 10 heteroatoms. The number of nitrogens with one attached hydrogen (secondary N) is 1. The van der Waals surface area contributed by atoms with E-state index in [9.17, 15) is 18.0 Å². The van der Waals surface area contributed by atoms with E-state index in [0.717, 1.165) is 0 Å². The topological polar surface area (TPSA) is 72.7 Å². The summed E-state index contributed by atoms with van der Waals surface area (Å²) < 4.78 is 38.8. The van der Waals surface area contributed by atoms with Crippen LogP contribution in [0.15, 0.2) is 6.20 Å². The maximum atomic E-state index is 12.4. The predicted octanol–water partition coefficient (Wildman–Crippen LogP) is 2.90. The van der Waals surface area contributed by atoms with E-state index in [2.05, 4.69) is 20.6 Å². The fourth-order valence-corrected chi connectivity index (χ4v) is 2.33. The summed E-state index contributed by atoms with van der Waals surface area (Å²) in [7, 11) is 0. The van der Waals surface area contributed by atoms with Crippen LogP contribution in [0, 0.1) is 6.92 Å². The van der Waals surface area contributed by atoms with Gasteiger partial charge in [0.2, 0.25) is 10.1 Å². The lowest BCUT2D eigenvalue weighted by Gasteiger charge is -2.08. The van der Waals surface area contributed by atoms with E-state index in [0.29, 0.717) is 5.69 Å². The summed E-state index contributed by atoms with van der Waals surface area (Å²) in [5.41, 5.74) is 0.913. The zero-order valence-corrected chi connectivity index (χ0v) is 12.2. The Hall–Kier alpha value is -1.97. The van der Waals surface area contributed by atoms with Crippen LogP contribution >= 0.6 is 11.3 Å². The van der Waals surface area contributed by atoms with E-state index in [1.54, 1.807) is 11.6 Å². The van der Waals surface area contributed by atoms with Crippen LogP contribution in [0.5, 0.6) is 0 Å². The first-order valence-corrected chi connectivity index (χ1v) is 6.78.